The molecule has 0 aromatic carbocycles. The molecule has 0 spiro atoms. The summed E-state index contributed by atoms with van der Waals surface area (Å²) in [6, 6.07) is 6.59. The van der Waals surface area contributed by atoms with Gasteiger partial charge in [-0.05, 0) is 37.6 Å². The van der Waals surface area contributed by atoms with E-state index in [1.165, 1.54) is 24.1 Å². The van der Waals surface area contributed by atoms with Crippen molar-refractivity contribution in [2.75, 3.05) is 13.2 Å². The van der Waals surface area contributed by atoms with E-state index in [9.17, 15) is 0 Å². The number of rotatable bonds is 3. The summed E-state index contributed by atoms with van der Waals surface area (Å²) in [6.45, 7) is 1.97. The summed E-state index contributed by atoms with van der Waals surface area (Å²) in [7, 11) is 0. The Bertz CT molecular complexity index is 636. The van der Waals surface area contributed by atoms with Gasteiger partial charge in [0.1, 0.15) is 12.4 Å². The van der Waals surface area contributed by atoms with Crippen molar-refractivity contribution in [1.29, 1.82) is 0 Å². The maximum absolute atomic E-state index is 8.78. The van der Waals surface area contributed by atoms with Crippen LogP contribution in [0.4, 0.5) is 0 Å². The smallest absolute Gasteiger partial charge is 0.120 e. The van der Waals surface area contributed by atoms with Gasteiger partial charge in [0.2, 0.25) is 0 Å². The van der Waals surface area contributed by atoms with E-state index in [0.717, 1.165) is 30.8 Å². The van der Waals surface area contributed by atoms with Gasteiger partial charge in [-0.1, -0.05) is 24.7 Å². The summed E-state index contributed by atoms with van der Waals surface area (Å²) in [6.07, 6.45) is 6.74. The largest absolute Gasteiger partial charge is 0.468 e. The summed E-state index contributed by atoms with van der Waals surface area (Å²) in [5, 5.41) is 10.8. The third-order valence-electron chi connectivity index (χ3n) is 4.06. The van der Waals surface area contributed by atoms with Crippen molar-refractivity contribution in [3.8, 4) is 11.8 Å². The van der Waals surface area contributed by atoms with Crippen molar-refractivity contribution >= 4 is 11.3 Å². The fraction of sp³-hybridized carbons (Fsp3) is 0.444. The Balaban J connectivity index is 1.74. The highest BCUT2D eigenvalue weighted by Gasteiger charge is 2.25. The van der Waals surface area contributed by atoms with Gasteiger partial charge in [0.25, 0.3) is 0 Å². The minimum Gasteiger partial charge on any atom is -0.468 e. The lowest BCUT2D eigenvalue weighted by Crippen LogP contribution is -2.27. The Labute approximate surface area is 135 Å². The molecule has 0 amide bonds. The quantitative estimate of drug-likeness (QED) is 0.875. The first kappa shape index (κ1) is 15.4. The zero-order chi connectivity index (χ0) is 15.2. The highest BCUT2D eigenvalue weighted by atomic mass is 32.1. The zero-order valence-corrected chi connectivity index (χ0v) is 13.4. The minimum atomic E-state index is -0.0854. The number of aliphatic hydroxyl groups excluding tert-OH is 1. The molecule has 1 fully saturated rings. The molecular weight excluding hydrogens is 294 g/mol. The second kappa shape index (κ2) is 7.64. The van der Waals surface area contributed by atoms with Crippen molar-refractivity contribution < 1.29 is 9.52 Å². The van der Waals surface area contributed by atoms with Crippen molar-refractivity contribution in [3.05, 3.63) is 46.0 Å². The van der Waals surface area contributed by atoms with Crippen LogP contribution >= 0.6 is 11.3 Å². The topological polar surface area (TPSA) is 36.6 Å². The first-order valence-corrected chi connectivity index (χ1v) is 8.69. The number of furan rings is 1. The van der Waals surface area contributed by atoms with Gasteiger partial charge in [0, 0.05) is 22.4 Å². The van der Waals surface area contributed by atoms with Gasteiger partial charge in [0.15, 0.2) is 0 Å². The second-order valence-electron chi connectivity index (χ2n) is 5.61. The van der Waals surface area contributed by atoms with Gasteiger partial charge in [-0.2, -0.15) is 0 Å². The molecule has 3 nitrogen and oxygen atoms in total. The summed E-state index contributed by atoms with van der Waals surface area (Å²) < 4.78 is 5.67. The van der Waals surface area contributed by atoms with Crippen molar-refractivity contribution in [1.82, 2.24) is 4.90 Å². The molecule has 22 heavy (non-hydrogen) atoms. The number of hydrogen-bond donors (Lipinski definition) is 1. The third-order valence-corrected chi connectivity index (χ3v) is 4.98. The summed E-state index contributed by atoms with van der Waals surface area (Å²) in [5.74, 6) is 6.76. The van der Waals surface area contributed by atoms with E-state index in [1.54, 1.807) is 17.6 Å². The lowest BCUT2D eigenvalue weighted by atomic mass is 10.1. The summed E-state index contributed by atoms with van der Waals surface area (Å²) in [4.78, 5) is 3.85. The van der Waals surface area contributed by atoms with Crippen molar-refractivity contribution in [2.24, 2.45) is 0 Å². The average molecular weight is 315 g/mol. The Hall–Kier alpha value is -1.54. The average Bonchev–Trinajstić information content (AvgIpc) is 3.15. The Morgan fingerprint density at radius 3 is 3.14 bits per heavy atom. The van der Waals surface area contributed by atoms with Crippen LogP contribution in [0.2, 0.25) is 0 Å². The molecule has 1 saturated heterocycles. The summed E-state index contributed by atoms with van der Waals surface area (Å²) >= 11 is 1.74. The third kappa shape index (κ3) is 3.80. The van der Waals surface area contributed by atoms with E-state index in [4.69, 9.17) is 9.52 Å². The first-order chi connectivity index (χ1) is 10.9. The van der Waals surface area contributed by atoms with Crippen LogP contribution in [0.3, 0.4) is 0 Å². The van der Waals surface area contributed by atoms with E-state index in [2.05, 4.69) is 34.3 Å². The molecular formula is C18H21NO2S. The highest BCUT2D eigenvalue weighted by Crippen LogP contribution is 2.32. The standard InChI is InChI=1S/C18H21NO2S/c20-10-4-6-15-12-16(22-14-15)13-19-9-3-1-2-7-17(19)18-8-5-11-21-18/h5,8,11-12,14,17,20H,1-3,7,9-10,13H2. The molecule has 4 heteroatoms. The van der Waals surface area contributed by atoms with Crippen LogP contribution < -0.4 is 0 Å². The zero-order valence-electron chi connectivity index (χ0n) is 12.6. The Morgan fingerprint density at radius 2 is 2.32 bits per heavy atom. The Kier molecular flexibility index (Phi) is 5.33. The van der Waals surface area contributed by atoms with Crippen LogP contribution in [0.15, 0.2) is 34.3 Å². The fourth-order valence-electron chi connectivity index (χ4n) is 3.03. The number of nitrogens with zero attached hydrogens (tertiary/aromatic N) is 1. The van der Waals surface area contributed by atoms with Crippen LogP contribution in [0, 0.1) is 11.8 Å². The van der Waals surface area contributed by atoms with E-state index >= 15 is 0 Å². The molecule has 0 saturated carbocycles. The van der Waals surface area contributed by atoms with E-state index in [1.807, 2.05) is 6.07 Å². The Morgan fingerprint density at radius 1 is 1.36 bits per heavy atom. The van der Waals surface area contributed by atoms with Gasteiger partial charge in [-0.25, -0.2) is 0 Å². The molecule has 2 aromatic rings. The number of aliphatic hydroxyl groups is 1. The molecule has 0 bridgehead atoms. The van der Waals surface area contributed by atoms with E-state index in [-0.39, 0.29) is 6.61 Å². The number of thiophene rings is 1. The van der Waals surface area contributed by atoms with Crippen LogP contribution in [-0.4, -0.2) is 23.2 Å². The van der Waals surface area contributed by atoms with Gasteiger partial charge in [0.05, 0.1) is 12.3 Å². The fourth-order valence-corrected chi connectivity index (χ4v) is 3.87. The lowest BCUT2D eigenvalue weighted by molar-refractivity contribution is 0.171. The number of likely N-dealkylation sites (tertiary alicyclic amines) is 1. The minimum absolute atomic E-state index is 0.0854. The molecule has 1 N–H and O–H groups in total. The maximum atomic E-state index is 8.78. The lowest BCUT2D eigenvalue weighted by Gasteiger charge is -2.27. The van der Waals surface area contributed by atoms with Crippen LogP contribution in [0.25, 0.3) is 0 Å². The van der Waals surface area contributed by atoms with Crippen molar-refractivity contribution in [2.45, 2.75) is 38.3 Å². The molecule has 0 radical (unpaired) electrons. The molecule has 1 aliphatic rings. The van der Waals surface area contributed by atoms with Crippen LogP contribution in [0.1, 0.15) is 47.9 Å². The van der Waals surface area contributed by atoms with E-state index in [0.29, 0.717) is 6.04 Å². The predicted octanol–water partition coefficient (Wildman–Crippen LogP) is 3.80. The first-order valence-electron chi connectivity index (χ1n) is 7.81. The molecule has 1 unspecified atom stereocenters. The highest BCUT2D eigenvalue weighted by molar-refractivity contribution is 7.10. The second-order valence-corrected chi connectivity index (χ2v) is 6.61. The molecule has 116 valence electrons. The monoisotopic (exact) mass is 315 g/mol. The maximum Gasteiger partial charge on any atom is 0.120 e. The van der Waals surface area contributed by atoms with Gasteiger partial charge < -0.3 is 9.52 Å². The molecule has 3 rings (SSSR count). The molecule has 0 aliphatic carbocycles. The van der Waals surface area contributed by atoms with Crippen LogP contribution in [0.5, 0.6) is 0 Å². The van der Waals surface area contributed by atoms with Crippen LogP contribution in [-0.2, 0) is 6.54 Å². The normalized spacial score (nSPS) is 19.4. The molecule has 1 aliphatic heterocycles. The predicted molar refractivity (Wildman–Crippen MR) is 88.6 cm³/mol. The van der Waals surface area contributed by atoms with Crippen molar-refractivity contribution in [3.63, 3.8) is 0 Å². The summed E-state index contributed by atoms with van der Waals surface area (Å²) in [5.41, 5.74) is 0.999. The SMILES string of the molecule is OCC#Cc1csc(CN2CCCCCC2c2ccco2)c1. The van der Waals surface area contributed by atoms with Gasteiger partial charge in [-0.3, -0.25) is 4.90 Å². The van der Waals surface area contributed by atoms with Gasteiger partial charge >= 0.3 is 0 Å². The van der Waals surface area contributed by atoms with Gasteiger partial charge in [-0.15, -0.1) is 11.3 Å². The number of hydrogen-bond acceptors (Lipinski definition) is 4. The van der Waals surface area contributed by atoms with E-state index < -0.39 is 0 Å². The molecule has 3 heterocycles. The molecule has 2 aromatic heterocycles. The molecule has 1 atom stereocenters.